The lowest BCUT2D eigenvalue weighted by atomic mass is 9.66. The van der Waals surface area contributed by atoms with E-state index in [2.05, 4.69) is 32.0 Å². The van der Waals surface area contributed by atoms with E-state index in [1.165, 1.54) is 18.4 Å². The summed E-state index contributed by atoms with van der Waals surface area (Å²) >= 11 is 6.34. The summed E-state index contributed by atoms with van der Waals surface area (Å²) in [6.45, 7) is 6.63. The van der Waals surface area contributed by atoms with E-state index in [1.807, 2.05) is 13.0 Å². The van der Waals surface area contributed by atoms with Gasteiger partial charge in [0.05, 0.1) is 11.5 Å². The summed E-state index contributed by atoms with van der Waals surface area (Å²) in [4.78, 5) is 0. The van der Waals surface area contributed by atoms with Crippen LogP contribution in [0, 0.1) is 35.5 Å². The molecule has 1 aliphatic carbocycles. The van der Waals surface area contributed by atoms with Gasteiger partial charge in [0.25, 0.3) is 0 Å². The number of hydrogen-bond acceptors (Lipinski definition) is 1. The molecule has 1 aromatic carbocycles. The number of hydrogen-bond donors (Lipinski definition) is 0. The first kappa shape index (κ1) is 15.4. The molecule has 0 heterocycles. The second kappa shape index (κ2) is 6.19. The topological polar surface area (TPSA) is 23.8 Å². The fourth-order valence-corrected chi connectivity index (χ4v) is 3.65. The second-order valence-corrected chi connectivity index (χ2v) is 7.15. The predicted octanol–water partition coefficient (Wildman–Crippen LogP) is 5.55. The summed E-state index contributed by atoms with van der Waals surface area (Å²) in [5.41, 5.74) is 2.10. The van der Waals surface area contributed by atoms with Gasteiger partial charge in [0.2, 0.25) is 0 Å². The van der Waals surface area contributed by atoms with Crippen LogP contribution in [0.4, 0.5) is 0 Å². The molecular formula is C18H24ClN. The third kappa shape index (κ3) is 3.36. The lowest BCUT2D eigenvalue weighted by Gasteiger charge is -2.36. The molecule has 2 heteroatoms. The molecule has 1 fully saturated rings. The van der Waals surface area contributed by atoms with Crippen molar-refractivity contribution in [1.29, 1.82) is 5.26 Å². The molecule has 2 rings (SSSR count). The van der Waals surface area contributed by atoms with Crippen molar-refractivity contribution in [3.8, 4) is 6.07 Å². The number of aryl methyl sites for hydroxylation is 1. The first-order valence-electron chi connectivity index (χ1n) is 7.62. The average Bonchev–Trinajstić information content (AvgIpc) is 2.42. The van der Waals surface area contributed by atoms with Gasteiger partial charge in [-0.2, -0.15) is 5.26 Å². The zero-order valence-electron chi connectivity index (χ0n) is 12.7. The third-order valence-corrected chi connectivity index (χ3v) is 5.26. The number of nitrogens with zero attached hydrogens (tertiary/aromatic N) is 1. The van der Waals surface area contributed by atoms with Crippen LogP contribution in [-0.4, -0.2) is 0 Å². The fourth-order valence-electron chi connectivity index (χ4n) is 3.35. The van der Waals surface area contributed by atoms with E-state index in [-0.39, 0.29) is 5.41 Å². The molecule has 1 aromatic rings. The largest absolute Gasteiger partial charge is 0.198 e. The minimum Gasteiger partial charge on any atom is -0.198 e. The second-order valence-electron chi connectivity index (χ2n) is 6.75. The zero-order chi connectivity index (χ0) is 14.8. The molecule has 0 N–H and O–H groups in total. The molecule has 108 valence electrons. The molecule has 0 aromatic heterocycles. The monoisotopic (exact) mass is 289 g/mol. The molecule has 1 nitrogen and oxygen atoms in total. The molecule has 0 spiro atoms. The standard InChI is InChI=1S/C18H24ClN/c1-13(2)15-6-8-18(12-20,9-7-15)11-16-5-4-14(3)10-17(16)19/h4-5,10,13,15H,6-9,11H2,1-3H3. The Bertz CT molecular complexity index is 505. The van der Waals surface area contributed by atoms with Crippen molar-refractivity contribution in [1.82, 2.24) is 0 Å². The van der Waals surface area contributed by atoms with Gasteiger partial charge in [0.1, 0.15) is 0 Å². The lowest BCUT2D eigenvalue weighted by Crippen LogP contribution is -2.30. The van der Waals surface area contributed by atoms with Gasteiger partial charge in [-0.15, -0.1) is 0 Å². The van der Waals surface area contributed by atoms with E-state index in [0.717, 1.165) is 41.7 Å². The van der Waals surface area contributed by atoms with Gasteiger partial charge < -0.3 is 0 Å². The van der Waals surface area contributed by atoms with Gasteiger partial charge >= 0.3 is 0 Å². The molecule has 0 radical (unpaired) electrons. The van der Waals surface area contributed by atoms with Crippen LogP contribution in [0.5, 0.6) is 0 Å². The summed E-state index contributed by atoms with van der Waals surface area (Å²) in [5.74, 6) is 1.51. The van der Waals surface area contributed by atoms with Gasteiger partial charge in [-0.05, 0) is 68.1 Å². The SMILES string of the molecule is Cc1ccc(CC2(C#N)CCC(C(C)C)CC2)c(Cl)c1. The van der Waals surface area contributed by atoms with Gasteiger partial charge in [-0.3, -0.25) is 0 Å². The van der Waals surface area contributed by atoms with E-state index >= 15 is 0 Å². The highest BCUT2D eigenvalue weighted by molar-refractivity contribution is 6.31. The van der Waals surface area contributed by atoms with E-state index < -0.39 is 0 Å². The lowest BCUT2D eigenvalue weighted by molar-refractivity contribution is 0.175. The molecule has 0 atom stereocenters. The van der Waals surface area contributed by atoms with Gasteiger partial charge in [0.15, 0.2) is 0 Å². The van der Waals surface area contributed by atoms with Crippen LogP contribution in [0.25, 0.3) is 0 Å². The Labute approximate surface area is 128 Å². The van der Waals surface area contributed by atoms with Crippen LogP contribution in [-0.2, 0) is 6.42 Å². The Morgan fingerprint density at radius 2 is 2.00 bits per heavy atom. The predicted molar refractivity (Wildman–Crippen MR) is 84.7 cm³/mol. The summed E-state index contributed by atoms with van der Waals surface area (Å²) in [6.07, 6.45) is 5.17. The molecule has 1 saturated carbocycles. The van der Waals surface area contributed by atoms with E-state index in [9.17, 15) is 5.26 Å². The summed E-state index contributed by atoms with van der Waals surface area (Å²) in [6, 6.07) is 8.79. The maximum absolute atomic E-state index is 9.68. The van der Waals surface area contributed by atoms with Crippen molar-refractivity contribution < 1.29 is 0 Å². The van der Waals surface area contributed by atoms with Crippen molar-refractivity contribution in [3.63, 3.8) is 0 Å². The minimum atomic E-state index is -0.204. The Kier molecular flexibility index (Phi) is 4.76. The number of halogens is 1. The van der Waals surface area contributed by atoms with Gasteiger partial charge in [0, 0.05) is 5.02 Å². The van der Waals surface area contributed by atoms with Crippen molar-refractivity contribution in [2.24, 2.45) is 17.3 Å². The van der Waals surface area contributed by atoms with Crippen LogP contribution in [0.2, 0.25) is 5.02 Å². The van der Waals surface area contributed by atoms with Crippen LogP contribution < -0.4 is 0 Å². The first-order chi connectivity index (χ1) is 9.46. The maximum atomic E-state index is 9.68. The quantitative estimate of drug-likeness (QED) is 0.716. The van der Waals surface area contributed by atoms with Crippen LogP contribution in [0.1, 0.15) is 50.7 Å². The van der Waals surface area contributed by atoms with Gasteiger partial charge in [-0.25, -0.2) is 0 Å². The van der Waals surface area contributed by atoms with E-state index in [1.54, 1.807) is 0 Å². The molecule has 0 saturated heterocycles. The molecule has 1 aliphatic rings. The molecule has 0 unspecified atom stereocenters. The Morgan fingerprint density at radius 3 is 2.50 bits per heavy atom. The zero-order valence-corrected chi connectivity index (χ0v) is 13.5. The Morgan fingerprint density at radius 1 is 1.35 bits per heavy atom. The Balaban J connectivity index is 2.12. The van der Waals surface area contributed by atoms with E-state index in [4.69, 9.17) is 11.6 Å². The minimum absolute atomic E-state index is 0.204. The Hall–Kier alpha value is -1.00. The van der Waals surface area contributed by atoms with Crippen LogP contribution in [0.3, 0.4) is 0 Å². The fraction of sp³-hybridized carbons (Fsp3) is 0.611. The van der Waals surface area contributed by atoms with Crippen molar-refractivity contribution >= 4 is 11.6 Å². The maximum Gasteiger partial charge on any atom is 0.0693 e. The highest BCUT2D eigenvalue weighted by Crippen LogP contribution is 2.44. The molecular weight excluding hydrogens is 266 g/mol. The smallest absolute Gasteiger partial charge is 0.0693 e. The van der Waals surface area contributed by atoms with Crippen molar-refractivity contribution in [2.45, 2.75) is 52.9 Å². The van der Waals surface area contributed by atoms with Crippen molar-refractivity contribution in [2.75, 3.05) is 0 Å². The first-order valence-corrected chi connectivity index (χ1v) is 8.00. The van der Waals surface area contributed by atoms with E-state index in [0.29, 0.717) is 0 Å². The molecule has 20 heavy (non-hydrogen) atoms. The van der Waals surface area contributed by atoms with Crippen LogP contribution in [0.15, 0.2) is 18.2 Å². The number of rotatable bonds is 3. The number of nitriles is 1. The summed E-state index contributed by atoms with van der Waals surface area (Å²) in [7, 11) is 0. The normalized spacial score (nSPS) is 26.5. The molecule has 0 amide bonds. The highest BCUT2D eigenvalue weighted by Gasteiger charge is 2.36. The highest BCUT2D eigenvalue weighted by atomic mass is 35.5. The van der Waals surface area contributed by atoms with Crippen molar-refractivity contribution in [3.05, 3.63) is 34.3 Å². The summed E-state index contributed by atoms with van der Waals surface area (Å²) in [5, 5.41) is 10.5. The summed E-state index contributed by atoms with van der Waals surface area (Å²) < 4.78 is 0. The average molecular weight is 290 g/mol. The van der Waals surface area contributed by atoms with Crippen LogP contribution >= 0.6 is 11.6 Å². The third-order valence-electron chi connectivity index (χ3n) is 4.90. The number of benzene rings is 1. The molecule has 0 aliphatic heterocycles. The molecule has 0 bridgehead atoms. The van der Waals surface area contributed by atoms with Gasteiger partial charge in [-0.1, -0.05) is 37.6 Å².